The number of benzene rings is 2. The van der Waals surface area contributed by atoms with Crippen LogP contribution in [0, 0.1) is 0 Å². The maximum absolute atomic E-state index is 12.4. The number of alkyl halides is 3. The molecule has 0 unspecified atom stereocenters. The first kappa shape index (κ1) is 16.5. The summed E-state index contributed by atoms with van der Waals surface area (Å²) in [5, 5.41) is 8.96. The number of hydrogen-bond acceptors (Lipinski definition) is 4. The monoisotopic (exact) mass is 349 g/mol. The second kappa shape index (κ2) is 6.27. The van der Waals surface area contributed by atoms with Gasteiger partial charge in [-0.2, -0.15) is 5.10 Å². The summed E-state index contributed by atoms with van der Waals surface area (Å²) in [6.07, 6.45) is -4.83. The zero-order valence-corrected chi connectivity index (χ0v) is 12.4. The summed E-state index contributed by atoms with van der Waals surface area (Å²) in [7, 11) is 0. The molecular formula is C16H10F3N3O3. The van der Waals surface area contributed by atoms with Crippen molar-refractivity contribution < 1.29 is 22.7 Å². The van der Waals surface area contributed by atoms with E-state index in [0.29, 0.717) is 5.39 Å². The summed E-state index contributed by atoms with van der Waals surface area (Å²) in [6.45, 7) is 0. The number of fused-ring (bicyclic) bond motifs is 1. The van der Waals surface area contributed by atoms with Crippen molar-refractivity contribution in [3.05, 3.63) is 64.6 Å². The van der Waals surface area contributed by atoms with E-state index in [0.717, 1.165) is 12.1 Å². The molecule has 6 nitrogen and oxygen atoms in total. The molecule has 0 saturated carbocycles. The topological polar surface area (TPSA) is 84.1 Å². The molecule has 128 valence electrons. The second-order valence-corrected chi connectivity index (χ2v) is 4.98. The highest BCUT2D eigenvalue weighted by Gasteiger charge is 2.31. The van der Waals surface area contributed by atoms with E-state index in [1.54, 1.807) is 18.2 Å². The molecule has 0 aliphatic carbocycles. The highest BCUT2D eigenvalue weighted by molar-refractivity contribution is 6.11. The summed E-state index contributed by atoms with van der Waals surface area (Å²) in [5.41, 5.74) is -0.422. The molecule has 0 bridgehead atoms. The zero-order valence-electron chi connectivity index (χ0n) is 12.4. The van der Waals surface area contributed by atoms with E-state index in [4.69, 9.17) is 0 Å². The van der Waals surface area contributed by atoms with Gasteiger partial charge in [0.25, 0.3) is 11.5 Å². The number of anilines is 1. The maximum Gasteiger partial charge on any atom is 0.573 e. The molecule has 2 N–H and O–H groups in total. The van der Waals surface area contributed by atoms with Crippen LogP contribution in [0.2, 0.25) is 0 Å². The normalized spacial score (nSPS) is 11.3. The van der Waals surface area contributed by atoms with E-state index in [1.165, 1.54) is 18.2 Å². The number of rotatable bonds is 3. The summed E-state index contributed by atoms with van der Waals surface area (Å²) in [6, 6.07) is 11.2. The maximum atomic E-state index is 12.4. The third-order valence-corrected chi connectivity index (χ3v) is 3.24. The van der Waals surface area contributed by atoms with E-state index < -0.39 is 23.6 Å². The van der Waals surface area contributed by atoms with Gasteiger partial charge in [0.1, 0.15) is 5.75 Å². The minimum Gasteiger partial charge on any atom is -0.406 e. The van der Waals surface area contributed by atoms with Gasteiger partial charge in [-0.15, -0.1) is 13.2 Å². The third kappa shape index (κ3) is 3.77. The van der Waals surface area contributed by atoms with Gasteiger partial charge in [0.05, 0.1) is 5.39 Å². The van der Waals surface area contributed by atoms with Gasteiger partial charge in [-0.1, -0.05) is 24.3 Å². The van der Waals surface area contributed by atoms with Crippen molar-refractivity contribution in [3.8, 4) is 5.75 Å². The number of carbonyl (C=O) groups excluding carboxylic acids is 1. The van der Waals surface area contributed by atoms with Crippen molar-refractivity contribution in [1.82, 2.24) is 10.2 Å². The molecule has 2 aromatic carbocycles. The fraction of sp³-hybridized carbons (Fsp3) is 0.0625. The molecule has 0 saturated heterocycles. The van der Waals surface area contributed by atoms with Gasteiger partial charge in [-0.05, 0) is 18.2 Å². The van der Waals surface area contributed by atoms with E-state index in [1.807, 2.05) is 0 Å². The standard InChI is InChI=1S/C16H10F3N3O3/c17-16(18,19)25-10-5-3-4-9(8-10)20-15(24)13-11-6-1-2-7-12(11)14(23)22-21-13/h1-8H,(H,20,24)(H,22,23). The number of nitrogens with zero attached hydrogens (tertiary/aromatic N) is 1. The molecule has 0 radical (unpaired) electrons. The Labute approximate surface area is 138 Å². The Morgan fingerprint density at radius 1 is 1.08 bits per heavy atom. The summed E-state index contributed by atoms with van der Waals surface area (Å²) in [4.78, 5) is 24.1. The first-order chi connectivity index (χ1) is 11.8. The van der Waals surface area contributed by atoms with Crippen LogP contribution in [0.5, 0.6) is 5.75 Å². The Hall–Kier alpha value is -3.36. The molecule has 3 aromatic rings. The molecule has 3 rings (SSSR count). The van der Waals surface area contributed by atoms with Crippen LogP contribution in [0.25, 0.3) is 10.8 Å². The number of nitrogens with one attached hydrogen (secondary N) is 2. The van der Waals surface area contributed by atoms with Gasteiger partial charge >= 0.3 is 6.36 Å². The number of aromatic nitrogens is 2. The largest absolute Gasteiger partial charge is 0.573 e. The number of aromatic amines is 1. The first-order valence-electron chi connectivity index (χ1n) is 6.98. The number of halogens is 3. The lowest BCUT2D eigenvalue weighted by atomic mass is 10.1. The Bertz CT molecular complexity index is 999. The van der Waals surface area contributed by atoms with Crippen molar-refractivity contribution in [2.75, 3.05) is 5.32 Å². The quantitative estimate of drug-likeness (QED) is 0.761. The van der Waals surface area contributed by atoms with Crippen molar-refractivity contribution in [2.24, 2.45) is 0 Å². The minimum atomic E-state index is -4.83. The van der Waals surface area contributed by atoms with E-state index in [-0.39, 0.29) is 16.8 Å². The van der Waals surface area contributed by atoms with Gasteiger partial charge in [-0.3, -0.25) is 9.59 Å². The summed E-state index contributed by atoms with van der Waals surface area (Å²) < 4.78 is 40.6. The number of hydrogen-bond donors (Lipinski definition) is 2. The minimum absolute atomic E-state index is 0.0580. The number of H-pyrrole nitrogens is 1. The van der Waals surface area contributed by atoms with E-state index in [9.17, 15) is 22.8 Å². The predicted octanol–water partition coefficient (Wildman–Crippen LogP) is 3.07. The zero-order chi connectivity index (χ0) is 18.0. The van der Waals surface area contributed by atoms with Gasteiger partial charge in [0, 0.05) is 17.1 Å². The molecule has 0 spiro atoms. The summed E-state index contributed by atoms with van der Waals surface area (Å²) >= 11 is 0. The first-order valence-corrected chi connectivity index (χ1v) is 6.98. The Kier molecular flexibility index (Phi) is 4.14. The van der Waals surface area contributed by atoms with Crippen LogP contribution in [0.1, 0.15) is 10.5 Å². The molecule has 0 atom stereocenters. The average molecular weight is 349 g/mol. The van der Waals surface area contributed by atoms with Crippen LogP contribution in [0.4, 0.5) is 18.9 Å². The fourth-order valence-electron chi connectivity index (χ4n) is 2.25. The van der Waals surface area contributed by atoms with Crippen LogP contribution in [-0.4, -0.2) is 22.5 Å². The van der Waals surface area contributed by atoms with Crippen molar-refractivity contribution in [2.45, 2.75) is 6.36 Å². The Morgan fingerprint density at radius 2 is 1.80 bits per heavy atom. The second-order valence-electron chi connectivity index (χ2n) is 4.98. The Balaban J connectivity index is 1.90. The van der Waals surface area contributed by atoms with E-state index in [2.05, 4.69) is 20.3 Å². The number of amides is 1. The highest BCUT2D eigenvalue weighted by Crippen LogP contribution is 2.25. The molecule has 1 aromatic heterocycles. The van der Waals surface area contributed by atoms with Crippen molar-refractivity contribution in [1.29, 1.82) is 0 Å². The highest BCUT2D eigenvalue weighted by atomic mass is 19.4. The van der Waals surface area contributed by atoms with Gasteiger partial charge in [0.15, 0.2) is 5.69 Å². The lowest BCUT2D eigenvalue weighted by Crippen LogP contribution is -2.20. The fourth-order valence-corrected chi connectivity index (χ4v) is 2.25. The van der Waals surface area contributed by atoms with E-state index >= 15 is 0 Å². The van der Waals surface area contributed by atoms with Crippen LogP contribution in [0.3, 0.4) is 0 Å². The molecule has 0 aliphatic rings. The van der Waals surface area contributed by atoms with Gasteiger partial charge in [-0.25, -0.2) is 5.10 Å². The molecule has 0 aliphatic heterocycles. The molecular weight excluding hydrogens is 339 g/mol. The van der Waals surface area contributed by atoms with Crippen LogP contribution in [-0.2, 0) is 0 Å². The van der Waals surface area contributed by atoms with Gasteiger partial charge < -0.3 is 10.1 Å². The van der Waals surface area contributed by atoms with Crippen LogP contribution in [0.15, 0.2) is 53.3 Å². The summed E-state index contributed by atoms with van der Waals surface area (Å²) in [5.74, 6) is -1.15. The predicted molar refractivity (Wildman–Crippen MR) is 83.4 cm³/mol. The lowest BCUT2D eigenvalue weighted by molar-refractivity contribution is -0.274. The molecule has 1 heterocycles. The molecule has 1 amide bonds. The number of carbonyl (C=O) groups is 1. The van der Waals surface area contributed by atoms with Crippen LogP contribution >= 0.6 is 0 Å². The van der Waals surface area contributed by atoms with Gasteiger partial charge in [0.2, 0.25) is 0 Å². The smallest absolute Gasteiger partial charge is 0.406 e. The van der Waals surface area contributed by atoms with Crippen molar-refractivity contribution >= 4 is 22.4 Å². The molecule has 25 heavy (non-hydrogen) atoms. The SMILES string of the molecule is O=C(Nc1cccc(OC(F)(F)F)c1)c1n[nH]c(=O)c2ccccc12. The third-order valence-electron chi connectivity index (χ3n) is 3.24. The Morgan fingerprint density at radius 3 is 2.52 bits per heavy atom. The molecule has 9 heteroatoms. The average Bonchev–Trinajstić information content (AvgIpc) is 2.54. The van der Waals surface area contributed by atoms with Crippen molar-refractivity contribution in [3.63, 3.8) is 0 Å². The molecule has 0 fully saturated rings. The van der Waals surface area contributed by atoms with Crippen LogP contribution < -0.4 is 15.6 Å². The lowest BCUT2D eigenvalue weighted by Gasteiger charge is -2.11. The number of ether oxygens (including phenoxy) is 1.